The van der Waals surface area contributed by atoms with Crippen LogP contribution in [0.3, 0.4) is 0 Å². The van der Waals surface area contributed by atoms with Crippen LogP contribution in [0.25, 0.3) is 0 Å². The number of nitrogens with zero attached hydrogens (tertiary/aromatic N) is 1. The zero-order valence-corrected chi connectivity index (χ0v) is 19.4. The Morgan fingerprint density at radius 1 is 1.12 bits per heavy atom. The van der Waals surface area contributed by atoms with Crippen molar-refractivity contribution in [2.24, 2.45) is 0 Å². The molecular weight excluding hydrogens is 436 g/mol. The molecule has 2 heterocycles. The van der Waals surface area contributed by atoms with E-state index in [4.69, 9.17) is 4.74 Å². The number of carbonyl (C=O) groups is 4. The van der Waals surface area contributed by atoms with Gasteiger partial charge in [-0.1, -0.05) is 35.9 Å². The smallest absolute Gasteiger partial charge is 0.322 e. The summed E-state index contributed by atoms with van der Waals surface area (Å²) in [5, 5.41) is 7.47. The van der Waals surface area contributed by atoms with Crippen molar-refractivity contribution in [3.63, 3.8) is 0 Å². The van der Waals surface area contributed by atoms with Gasteiger partial charge in [0.05, 0.1) is 6.54 Å². The van der Waals surface area contributed by atoms with Gasteiger partial charge in [-0.3, -0.25) is 19.7 Å². The van der Waals surface area contributed by atoms with Gasteiger partial charge in [0, 0.05) is 13.0 Å². The molecule has 0 aliphatic carbocycles. The number of carbonyl (C=O) groups excluding carboxylic acids is 4. The standard InChI is InChI=1S/C25H28N4O5/c1-16-4-5-17(2)18(12-16)13-34-20-8-6-19(7-9-20)25(26-15-30)10-11-29(22(25)32)14-24(3)21(31)27-23(33)28-24/h4-9,12,15H,10-11,13-14H2,1-3H3,(H,26,30)(H2,27,28,31,33). The molecule has 2 aliphatic heterocycles. The van der Waals surface area contributed by atoms with E-state index in [0.717, 1.165) is 16.7 Å². The molecule has 0 radical (unpaired) electrons. The Kier molecular flexibility index (Phi) is 6.03. The molecule has 4 rings (SSSR count). The maximum Gasteiger partial charge on any atom is 0.322 e. The summed E-state index contributed by atoms with van der Waals surface area (Å²) in [4.78, 5) is 50.1. The first-order valence-electron chi connectivity index (χ1n) is 11.1. The maximum atomic E-state index is 13.4. The number of imide groups is 1. The zero-order valence-electron chi connectivity index (χ0n) is 19.4. The van der Waals surface area contributed by atoms with Crippen LogP contribution >= 0.6 is 0 Å². The maximum absolute atomic E-state index is 13.4. The molecule has 5 amide bonds. The summed E-state index contributed by atoms with van der Waals surface area (Å²) in [5.41, 5.74) is 1.55. The van der Waals surface area contributed by atoms with E-state index in [9.17, 15) is 19.2 Å². The Labute approximate surface area is 197 Å². The third-order valence-electron chi connectivity index (χ3n) is 6.59. The first-order chi connectivity index (χ1) is 16.2. The number of aryl methyl sites for hydroxylation is 2. The summed E-state index contributed by atoms with van der Waals surface area (Å²) in [6.07, 6.45) is 0.844. The van der Waals surface area contributed by atoms with Gasteiger partial charge in [0.15, 0.2) is 0 Å². The number of hydrogen-bond donors (Lipinski definition) is 3. The Morgan fingerprint density at radius 2 is 1.85 bits per heavy atom. The largest absolute Gasteiger partial charge is 0.489 e. The molecule has 9 heteroatoms. The van der Waals surface area contributed by atoms with Crippen molar-refractivity contribution in [3.05, 3.63) is 64.7 Å². The quantitative estimate of drug-likeness (QED) is 0.406. The van der Waals surface area contributed by atoms with E-state index in [1.54, 1.807) is 31.2 Å². The van der Waals surface area contributed by atoms with E-state index in [1.165, 1.54) is 4.90 Å². The molecule has 3 N–H and O–H groups in total. The highest BCUT2D eigenvalue weighted by molar-refractivity contribution is 6.07. The van der Waals surface area contributed by atoms with E-state index < -0.39 is 23.0 Å². The third kappa shape index (κ3) is 4.21. The fourth-order valence-electron chi connectivity index (χ4n) is 4.54. The number of amides is 5. The van der Waals surface area contributed by atoms with Crippen molar-refractivity contribution in [1.29, 1.82) is 0 Å². The van der Waals surface area contributed by atoms with Gasteiger partial charge in [-0.2, -0.15) is 0 Å². The van der Waals surface area contributed by atoms with Crippen LogP contribution in [0.1, 0.15) is 35.6 Å². The van der Waals surface area contributed by atoms with Crippen LogP contribution in [-0.4, -0.2) is 47.8 Å². The van der Waals surface area contributed by atoms with Crippen LogP contribution < -0.4 is 20.7 Å². The van der Waals surface area contributed by atoms with Crippen LogP contribution in [0.4, 0.5) is 4.79 Å². The lowest BCUT2D eigenvalue weighted by Crippen LogP contribution is -2.56. The lowest BCUT2D eigenvalue weighted by atomic mass is 9.88. The fraction of sp³-hybridized carbons (Fsp3) is 0.360. The van der Waals surface area contributed by atoms with Gasteiger partial charge in [0.2, 0.25) is 6.41 Å². The molecule has 0 spiro atoms. The molecule has 9 nitrogen and oxygen atoms in total. The lowest BCUT2D eigenvalue weighted by molar-refractivity contribution is -0.136. The molecule has 2 fully saturated rings. The minimum absolute atomic E-state index is 0.00271. The second-order valence-corrected chi connectivity index (χ2v) is 9.13. The average Bonchev–Trinajstić information content (AvgIpc) is 3.24. The fourth-order valence-corrected chi connectivity index (χ4v) is 4.54. The molecular formula is C25H28N4O5. The van der Waals surface area contributed by atoms with Crippen molar-refractivity contribution in [3.8, 4) is 5.75 Å². The minimum Gasteiger partial charge on any atom is -0.489 e. The molecule has 34 heavy (non-hydrogen) atoms. The molecule has 178 valence electrons. The number of benzene rings is 2. The predicted octanol–water partition coefficient (Wildman–Crippen LogP) is 1.65. The Morgan fingerprint density at radius 3 is 2.50 bits per heavy atom. The van der Waals surface area contributed by atoms with Crippen LogP contribution in [0.5, 0.6) is 5.75 Å². The highest BCUT2D eigenvalue weighted by Crippen LogP contribution is 2.35. The van der Waals surface area contributed by atoms with Crippen LogP contribution in [0, 0.1) is 13.8 Å². The van der Waals surface area contributed by atoms with Crippen molar-refractivity contribution < 1.29 is 23.9 Å². The normalized spacial score (nSPS) is 24.1. The number of ether oxygens (including phenoxy) is 1. The highest BCUT2D eigenvalue weighted by atomic mass is 16.5. The number of nitrogens with one attached hydrogen (secondary N) is 3. The average molecular weight is 465 g/mol. The Balaban J connectivity index is 1.50. The second kappa shape index (κ2) is 8.81. The van der Waals surface area contributed by atoms with Crippen LogP contribution in [0.2, 0.25) is 0 Å². The summed E-state index contributed by atoms with van der Waals surface area (Å²) in [6, 6.07) is 12.7. The van der Waals surface area contributed by atoms with Gasteiger partial charge in [-0.25, -0.2) is 4.79 Å². The topological polar surface area (TPSA) is 117 Å². The molecule has 0 bridgehead atoms. The molecule has 0 saturated carbocycles. The van der Waals surface area contributed by atoms with Gasteiger partial charge < -0.3 is 20.3 Å². The van der Waals surface area contributed by atoms with E-state index in [0.29, 0.717) is 37.3 Å². The predicted molar refractivity (Wildman–Crippen MR) is 124 cm³/mol. The summed E-state index contributed by atoms with van der Waals surface area (Å²) in [5.74, 6) is -0.179. The first kappa shape index (κ1) is 23.3. The summed E-state index contributed by atoms with van der Waals surface area (Å²) in [6.45, 7) is 6.38. The molecule has 0 aromatic heterocycles. The summed E-state index contributed by atoms with van der Waals surface area (Å²) >= 11 is 0. The first-order valence-corrected chi connectivity index (χ1v) is 11.1. The minimum atomic E-state index is -1.25. The highest BCUT2D eigenvalue weighted by Gasteiger charge is 2.52. The number of rotatable bonds is 8. The Bertz CT molecular complexity index is 1150. The molecule has 2 unspecified atom stereocenters. The van der Waals surface area contributed by atoms with Crippen molar-refractivity contribution >= 4 is 24.3 Å². The summed E-state index contributed by atoms with van der Waals surface area (Å²) < 4.78 is 5.94. The second-order valence-electron chi connectivity index (χ2n) is 9.13. The zero-order chi connectivity index (χ0) is 24.5. The Hall–Kier alpha value is -3.88. The monoisotopic (exact) mass is 464 g/mol. The van der Waals surface area contributed by atoms with E-state index in [2.05, 4.69) is 34.1 Å². The lowest BCUT2D eigenvalue weighted by Gasteiger charge is -2.31. The van der Waals surface area contributed by atoms with E-state index in [1.807, 2.05) is 13.8 Å². The molecule has 2 aromatic carbocycles. The van der Waals surface area contributed by atoms with Crippen molar-refractivity contribution in [2.75, 3.05) is 13.1 Å². The van der Waals surface area contributed by atoms with Gasteiger partial charge in [-0.15, -0.1) is 0 Å². The van der Waals surface area contributed by atoms with Crippen molar-refractivity contribution in [1.82, 2.24) is 20.9 Å². The van der Waals surface area contributed by atoms with Crippen LogP contribution in [-0.2, 0) is 26.5 Å². The SMILES string of the molecule is Cc1ccc(C)c(COc2ccc(C3(NC=O)CCN(CC4(C)NC(=O)NC4=O)C3=O)cc2)c1. The van der Waals surface area contributed by atoms with Gasteiger partial charge in [0.25, 0.3) is 11.8 Å². The van der Waals surface area contributed by atoms with Gasteiger partial charge in [-0.05, 0) is 49.6 Å². The van der Waals surface area contributed by atoms with Crippen molar-refractivity contribution in [2.45, 2.75) is 44.9 Å². The van der Waals surface area contributed by atoms with Crippen LogP contribution in [0.15, 0.2) is 42.5 Å². The van der Waals surface area contributed by atoms with E-state index >= 15 is 0 Å². The molecule has 2 saturated heterocycles. The molecule has 2 aliphatic rings. The number of likely N-dealkylation sites (tertiary alicyclic amines) is 1. The number of urea groups is 1. The van der Waals surface area contributed by atoms with Gasteiger partial charge in [0.1, 0.15) is 23.4 Å². The molecule has 2 atom stereocenters. The molecule has 2 aromatic rings. The summed E-state index contributed by atoms with van der Waals surface area (Å²) in [7, 11) is 0. The van der Waals surface area contributed by atoms with Gasteiger partial charge >= 0.3 is 6.03 Å². The number of hydrogen-bond acceptors (Lipinski definition) is 5. The van der Waals surface area contributed by atoms with E-state index in [-0.39, 0.29) is 12.5 Å². The third-order valence-corrected chi connectivity index (χ3v) is 6.59.